The third-order valence-electron chi connectivity index (χ3n) is 3.78. The molecule has 1 aliphatic rings. The second-order valence-electron chi connectivity index (χ2n) is 5.51. The van der Waals surface area contributed by atoms with Gasteiger partial charge in [-0.25, -0.2) is 0 Å². The van der Waals surface area contributed by atoms with Crippen molar-refractivity contribution in [3.8, 4) is 0 Å². The number of nitrogens with zero attached hydrogens (tertiary/aromatic N) is 6. The van der Waals surface area contributed by atoms with Gasteiger partial charge in [0.1, 0.15) is 11.1 Å². The van der Waals surface area contributed by atoms with Gasteiger partial charge >= 0.3 is 0 Å². The van der Waals surface area contributed by atoms with E-state index in [2.05, 4.69) is 30.1 Å². The number of rotatable bonds is 6. The second kappa shape index (κ2) is 7.33. The van der Waals surface area contributed by atoms with E-state index >= 15 is 0 Å². The molecule has 23 heavy (non-hydrogen) atoms. The third kappa shape index (κ3) is 4.04. The minimum Gasteiger partial charge on any atom is -0.371 e. The molecule has 0 unspecified atom stereocenters. The summed E-state index contributed by atoms with van der Waals surface area (Å²) in [6.07, 6.45) is -0.130. The van der Waals surface area contributed by atoms with Gasteiger partial charge in [0.05, 0.1) is 6.54 Å². The lowest BCUT2D eigenvalue weighted by Crippen LogP contribution is -2.46. The molecule has 1 atom stereocenters. The van der Waals surface area contributed by atoms with E-state index < -0.39 is 0 Å². The number of hydrogen-bond acceptors (Lipinski definition) is 9. The van der Waals surface area contributed by atoms with Crippen LogP contribution in [0.1, 0.15) is 36.7 Å². The lowest BCUT2D eigenvalue weighted by Gasteiger charge is -2.33. The molecule has 1 fully saturated rings. The Bertz CT molecular complexity index is 622. The van der Waals surface area contributed by atoms with E-state index in [9.17, 15) is 0 Å². The van der Waals surface area contributed by atoms with Crippen molar-refractivity contribution in [3.63, 3.8) is 0 Å². The first-order chi connectivity index (χ1) is 11.2. The summed E-state index contributed by atoms with van der Waals surface area (Å²) in [5, 5.41) is 14.3. The predicted octanol–water partition coefficient (Wildman–Crippen LogP) is 1.65. The Morgan fingerprint density at radius 2 is 2.04 bits per heavy atom. The smallest absolute Gasteiger partial charge is 0.240 e. The van der Waals surface area contributed by atoms with Crippen molar-refractivity contribution in [1.29, 1.82) is 0 Å². The molecule has 3 heterocycles. The van der Waals surface area contributed by atoms with Crippen molar-refractivity contribution in [1.82, 2.24) is 25.2 Å². The highest BCUT2D eigenvalue weighted by atomic mass is 32.1. The highest BCUT2D eigenvalue weighted by Gasteiger charge is 2.22. The standard InChI is InChI=1S/C14H22N6O2S/c1-4-21-10(2)13-15-12(22-18-13)9-19-5-7-20(8-6-19)14-17-16-11(3)23-14/h10H,4-9H2,1-3H3/t10-/m0/s1. The highest BCUT2D eigenvalue weighted by Crippen LogP contribution is 2.21. The molecule has 8 nitrogen and oxygen atoms in total. The van der Waals surface area contributed by atoms with Gasteiger partial charge in [-0.1, -0.05) is 16.5 Å². The molecular weight excluding hydrogens is 316 g/mol. The van der Waals surface area contributed by atoms with E-state index in [4.69, 9.17) is 9.26 Å². The van der Waals surface area contributed by atoms with Crippen molar-refractivity contribution < 1.29 is 9.26 Å². The molecular formula is C14H22N6O2S. The van der Waals surface area contributed by atoms with E-state index in [0.29, 0.717) is 24.9 Å². The molecule has 3 rings (SSSR count). The maximum Gasteiger partial charge on any atom is 0.240 e. The van der Waals surface area contributed by atoms with Crippen LogP contribution in [0.25, 0.3) is 0 Å². The number of aryl methyl sites for hydroxylation is 1. The van der Waals surface area contributed by atoms with Crippen LogP contribution < -0.4 is 4.90 Å². The zero-order chi connectivity index (χ0) is 16.2. The molecule has 9 heteroatoms. The summed E-state index contributed by atoms with van der Waals surface area (Å²) < 4.78 is 10.8. The number of piperazine rings is 1. The van der Waals surface area contributed by atoms with Crippen molar-refractivity contribution in [2.75, 3.05) is 37.7 Å². The summed E-state index contributed by atoms with van der Waals surface area (Å²) in [5.41, 5.74) is 0. The van der Waals surface area contributed by atoms with Crippen molar-refractivity contribution in [2.24, 2.45) is 0 Å². The summed E-state index contributed by atoms with van der Waals surface area (Å²) in [4.78, 5) is 9.01. The van der Waals surface area contributed by atoms with Gasteiger partial charge in [-0.15, -0.1) is 10.2 Å². The number of ether oxygens (including phenoxy) is 1. The maximum atomic E-state index is 5.48. The molecule has 0 N–H and O–H groups in total. The zero-order valence-corrected chi connectivity index (χ0v) is 14.5. The van der Waals surface area contributed by atoms with Crippen LogP contribution in [0.3, 0.4) is 0 Å². The van der Waals surface area contributed by atoms with Gasteiger partial charge in [0, 0.05) is 32.8 Å². The fourth-order valence-corrected chi connectivity index (χ4v) is 3.26. The molecule has 0 spiro atoms. The average Bonchev–Trinajstić information content (AvgIpc) is 3.18. The molecule has 0 bridgehead atoms. The largest absolute Gasteiger partial charge is 0.371 e. The Labute approximate surface area is 139 Å². The molecule has 0 saturated carbocycles. The lowest BCUT2D eigenvalue weighted by molar-refractivity contribution is 0.0683. The van der Waals surface area contributed by atoms with Crippen LogP contribution in [-0.4, -0.2) is 58.0 Å². The minimum atomic E-state index is -0.130. The number of hydrogen-bond donors (Lipinski definition) is 0. The minimum absolute atomic E-state index is 0.130. The number of aromatic nitrogens is 4. The number of anilines is 1. The van der Waals surface area contributed by atoms with E-state index in [1.54, 1.807) is 11.3 Å². The summed E-state index contributed by atoms with van der Waals surface area (Å²) >= 11 is 1.64. The molecule has 0 amide bonds. The van der Waals surface area contributed by atoms with Crippen molar-refractivity contribution in [3.05, 3.63) is 16.7 Å². The van der Waals surface area contributed by atoms with Gasteiger partial charge in [0.25, 0.3) is 0 Å². The lowest BCUT2D eigenvalue weighted by atomic mass is 10.3. The van der Waals surface area contributed by atoms with Crippen LogP contribution >= 0.6 is 11.3 Å². The van der Waals surface area contributed by atoms with Crippen LogP contribution in [0, 0.1) is 6.92 Å². The second-order valence-corrected chi connectivity index (χ2v) is 6.67. The molecule has 2 aromatic heterocycles. The zero-order valence-electron chi connectivity index (χ0n) is 13.7. The van der Waals surface area contributed by atoms with E-state index in [1.165, 1.54) is 0 Å². The van der Waals surface area contributed by atoms with E-state index in [1.807, 2.05) is 20.8 Å². The van der Waals surface area contributed by atoms with Gasteiger partial charge in [-0.2, -0.15) is 4.98 Å². The Hall–Kier alpha value is -1.58. The Morgan fingerprint density at radius 1 is 1.26 bits per heavy atom. The van der Waals surface area contributed by atoms with Gasteiger partial charge in [-0.3, -0.25) is 4.90 Å². The monoisotopic (exact) mass is 338 g/mol. The first kappa shape index (κ1) is 16.3. The molecule has 0 radical (unpaired) electrons. The van der Waals surface area contributed by atoms with Gasteiger partial charge < -0.3 is 14.2 Å². The predicted molar refractivity (Wildman–Crippen MR) is 86.5 cm³/mol. The van der Waals surface area contributed by atoms with Gasteiger partial charge in [-0.05, 0) is 20.8 Å². The Morgan fingerprint density at radius 3 is 2.70 bits per heavy atom. The first-order valence-corrected chi connectivity index (χ1v) is 8.69. The first-order valence-electron chi connectivity index (χ1n) is 7.87. The summed E-state index contributed by atoms with van der Waals surface area (Å²) in [6, 6.07) is 0. The molecule has 1 saturated heterocycles. The fourth-order valence-electron chi connectivity index (χ4n) is 2.52. The van der Waals surface area contributed by atoms with Crippen LogP contribution in [0.5, 0.6) is 0 Å². The molecule has 1 aliphatic heterocycles. The van der Waals surface area contributed by atoms with Crippen LogP contribution in [0.15, 0.2) is 4.52 Å². The van der Waals surface area contributed by atoms with Crippen LogP contribution in [0.4, 0.5) is 5.13 Å². The Kier molecular flexibility index (Phi) is 5.19. The highest BCUT2D eigenvalue weighted by molar-refractivity contribution is 7.15. The van der Waals surface area contributed by atoms with Crippen LogP contribution in [0.2, 0.25) is 0 Å². The molecule has 0 aliphatic carbocycles. The quantitative estimate of drug-likeness (QED) is 0.786. The van der Waals surface area contributed by atoms with Gasteiger partial charge in [0.2, 0.25) is 11.0 Å². The summed E-state index contributed by atoms with van der Waals surface area (Å²) in [5.74, 6) is 1.26. The molecule has 0 aromatic carbocycles. The summed E-state index contributed by atoms with van der Waals surface area (Å²) in [7, 11) is 0. The van der Waals surface area contributed by atoms with E-state index in [0.717, 1.165) is 36.3 Å². The molecule has 2 aromatic rings. The maximum absolute atomic E-state index is 5.48. The van der Waals surface area contributed by atoms with Crippen molar-refractivity contribution >= 4 is 16.5 Å². The van der Waals surface area contributed by atoms with E-state index in [-0.39, 0.29) is 6.10 Å². The third-order valence-corrected chi connectivity index (χ3v) is 4.68. The van der Waals surface area contributed by atoms with Gasteiger partial charge in [0.15, 0.2) is 5.82 Å². The topological polar surface area (TPSA) is 80.4 Å². The average molecular weight is 338 g/mol. The summed E-state index contributed by atoms with van der Waals surface area (Å²) in [6.45, 7) is 10.9. The molecule has 126 valence electrons. The normalized spacial score (nSPS) is 17.6. The SMILES string of the molecule is CCO[C@@H](C)c1noc(CN2CCN(c3nnc(C)s3)CC2)n1. The van der Waals surface area contributed by atoms with Crippen LogP contribution in [-0.2, 0) is 11.3 Å². The fraction of sp³-hybridized carbons (Fsp3) is 0.714. The Balaban J connectivity index is 1.51. The van der Waals surface area contributed by atoms with Crippen molar-refractivity contribution in [2.45, 2.75) is 33.4 Å².